The molecular formula is C30H35N3O2. The van der Waals surface area contributed by atoms with Gasteiger partial charge in [-0.3, -0.25) is 9.59 Å². The summed E-state index contributed by atoms with van der Waals surface area (Å²) in [5.74, 6) is 0.296. The second-order valence-electron chi connectivity index (χ2n) is 10.3. The first kappa shape index (κ1) is 23.4. The van der Waals surface area contributed by atoms with Crippen LogP contribution >= 0.6 is 0 Å². The van der Waals surface area contributed by atoms with E-state index in [0.29, 0.717) is 19.3 Å². The predicted molar refractivity (Wildman–Crippen MR) is 142 cm³/mol. The number of hydrogen-bond acceptors (Lipinski definition) is 3. The summed E-state index contributed by atoms with van der Waals surface area (Å²) in [7, 11) is 0. The summed E-state index contributed by atoms with van der Waals surface area (Å²) >= 11 is 0. The quantitative estimate of drug-likeness (QED) is 0.565. The number of fused-ring (bicyclic) bond motifs is 1. The fourth-order valence-corrected chi connectivity index (χ4v) is 5.78. The van der Waals surface area contributed by atoms with Crippen molar-refractivity contribution in [3.8, 4) is 0 Å². The van der Waals surface area contributed by atoms with Gasteiger partial charge in [-0.1, -0.05) is 60.2 Å². The summed E-state index contributed by atoms with van der Waals surface area (Å²) in [4.78, 5) is 29.8. The number of anilines is 1. The maximum absolute atomic E-state index is 13.2. The van der Waals surface area contributed by atoms with Gasteiger partial charge >= 0.3 is 0 Å². The van der Waals surface area contributed by atoms with Crippen LogP contribution in [0.15, 0.2) is 60.7 Å². The Morgan fingerprint density at radius 2 is 1.71 bits per heavy atom. The monoisotopic (exact) mass is 469 g/mol. The molecule has 2 fully saturated rings. The molecule has 1 unspecified atom stereocenters. The number of nitrogens with one attached hydrogen (secondary N) is 1. The smallest absolute Gasteiger partial charge is 0.222 e. The average molecular weight is 470 g/mol. The normalized spacial score (nSPS) is 20.3. The van der Waals surface area contributed by atoms with Crippen molar-refractivity contribution in [3.63, 3.8) is 0 Å². The predicted octanol–water partition coefficient (Wildman–Crippen LogP) is 4.78. The zero-order chi connectivity index (χ0) is 24.4. The first-order valence-electron chi connectivity index (χ1n) is 12.8. The van der Waals surface area contributed by atoms with Crippen LogP contribution < -0.4 is 10.2 Å². The SMILES string of the molecule is Cc1ccc(N2CCN(C(=O)CCC3(Cc4ccc5ccccc5c4)CCC(=O)N3)CC2)c(C)c1. The number of hydrogen-bond donors (Lipinski definition) is 1. The highest BCUT2D eigenvalue weighted by molar-refractivity contribution is 5.83. The lowest BCUT2D eigenvalue weighted by atomic mass is 9.84. The molecule has 5 nitrogen and oxygen atoms in total. The molecule has 35 heavy (non-hydrogen) atoms. The molecule has 3 aromatic rings. The highest BCUT2D eigenvalue weighted by Crippen LogP contribution is 2.31. The number of rotatable bonds is 6. The van der Waals surface area contributed by atoms with Crippen molar-refractivity contribution < 1.29 is 9.59 Å². The van der Waals surface area contributed by atoms with E-state index in [1.54, 1.807) is 0 Å². The Bertz CT molecular complexity index is 1250. The third-order valence-corrected chi connectivity index (χ3v) is 7.73. The summed E-state index contributed by atoms with van der Waals surface area (Å²) in [5.41, 5.74) is 4.70. The molecule has 0 aromatic heterocycles. The molecule has 0 bridgehead atoms. The molecule has 2 amide bonds. The Hall–Kier alpha value is -3.34. The van der Waals surface area contributed by atoms with Crippen molar-refractivity contribution in [3.05, 3.63) is 77.4 Å². The van der Waals surface area contributed by atoms with Gasteiger partial charge in [0.25, 0.3) is 0 Å². The molecule has 0 saturated carbocycles. The van der Waals surface area contributed by atoms with Gasteiger partial charge in [-0.25, -0.2) is 0 Å². The molecule has 182 valence electrons. The Balaban J connectivity index is 1.21. The van der Waals surface area contributed by atoms with Crippen LogP contribution in [0, 0.1) is 13.8 Å². The average Bonchev–Trinajstić information content (AvgIpc) is 3.23. The van der Waals surface area contributed by atoms with Crippen LogP contribution in [0.4, 0.5) is 5.69 Å². The van der Waals surface area contributed by atoms with Gasteiger partial charge in [0.2, 0.25) is 11.8 Å². The van der Waals surface area contributed by atoms with E-state index in [1.807, 2.05) is 11.0 Å². The van der Waals surface area contributed by atoms with E-state index in [0.717, 1.165) is 39.0 Å². The minimum atomic E-state index is -0.337. The zero-order valence-corrected chi connectivity index (χ0v) is 20.8. The van der Waals surface area contributed by atoms with E-state index < -0.39 is 0 Å². The second kappa shape index (κ2) is 9.73. The molecule has 2 aliphatic rings. The first-order valence-corrected chi connectivity index (χ1v) is 12.8. The minimum Gasteiger partial charge on any atom is -0.368 e. The van der Waals surface area contributed by atoms with Gasteiger partial charge in [-0.05, 0) is 61.1 Å². The summed E-state index contributed by atoms with van der Waals surface area (Å²) in [6.07, 6.45) is 3.24. The number of aryl methyl sites for hydroxylation is 2. The van der Waals surface area contributed by atoms with Crippen molar-refractivity contribution in [2.45, 2.75) is 51.5 Å². The highest BCUT2D eigenvalue weighted by atomic mass is 16.2. The van der Waals surface area contributed by atoms with E-state index >= 15 is 0 Å². The number of amides is 2. The lowest BCUT2D eigenvalue weighted by Gasteiger charge is -2.37. The summed E-state index contributed by atoms with van der Waals surface area (Å²) < 4.78 is 0. The molecule has 0 spiro atoms. The van der Waals surface area contributed by atoms with E-state index in [2.05, 4.69) is 78.7 Å². The largest absolute Gasteiger partial charge is 0.368 e. The minimum absolute atomic E-state index is 0.0975. The Morgan fingerprint density at radius 3 is 2.43 bits per heavy atom. The zero-order valence-electron chi connectivity index (χ0n) is 20.8. The molecular weight excluding hydrogens is 434 g/mol. The summed E-state index contributed by atoms with van der Waals surface area (Å²) in [5, 5.41) is 5.67. The van der Waals surface area contributed by atoms with Crippen LogP contribution in [0.3, 0.4) is 0 Å². The molecule has 1 atom stereocenters. The summed E-state index contributed by atoms with van der Waals surface area (Å²) in [6.45, 7) is 7.48. The van der Waals surface area contributed by atoms with Crippen LogP contribution in [0.2, 0.25) is 0 Å². The molecule has 0 radical (unpaired) electrons. The number of carbonyl (C=O) groups excluding carboxylic acids is 2. The fourth-order valence-electron chi connectivity index (χ4n) is 5.78. The van der Waals surface area contributed by atoms with Gasteiger partial charge in [0.1, 0.15) is 0 Å². The Labute approximate surface area is 208 Å². The molecule has 0 aliphatic carbocycles. The van der Waals surface area contributed by atoms with Crippen molar-refractivity contribution in [2.24, 2.45) is 0 Å². The van der Waals surface area contributed by atoms with Crippen molar-refractivity contribution in [1.82, 2.24) is 10.2 Å². The third kappa shape index (κ3) is 5.19. The van der Waals surface area contributed by atoms with Gasteiger partial charge < -0.3 is 15.1 Å². The van der Waals surface area contributed by atoms with Gasteiger partial charge in [0.15, 0.2) is 0 Å². The van der Waals surface area contributed by atoms with Crippen molar-refractivity contribution >= 4 is 28.3 Å². The number of benzene rings is 3. The Kier molecular flexibility index (Phi) is 6.50. The van der Waals surface area contributed by atoms with Gasteiger partial charge in [0, 0.05) is 50.2 Å². The van der Waals surface area contributed by atoms with E-state index in [9.17, 15) is 9.59 Å². The Morgan fingerprint density at radius 1 is 0.943 bits per heavy atom. The van der Waals surface area contributed by atoms with Crippen molar-refractivity contribution in [2.75, 3.05) is 31.1 Å². The standard InChI is InChI=1S/C30H35N3O2/c1-22-7-10-27(23(2)19-22)32-15-17-33(18-16-32)29(35)12-14-30(13-11-28(34)31-30)21-24-8-9-25-5-3-4-6-26(25)20-24/h3-10,19-20H,11-18,21H2,1-2H3,(H,31,34). The van der Waals surface area contributed by atoms with E-state index in [-0.39, 0.29) is 17.4 Å². The molecule has 2 saturated heterocycles. The molecule has 1 N–H and O–H groups in total. The first-order chi connectivity index (χ1) is 16.9. The molecule has 3 aromatic carbocycles. The number of nitrogens with zero attached hydrogens (tertiary/aromatic N) is 2. The van der Waals surface area contributed by atoms with Gasteiger partial charge in [-0.2, -0.15) is 0 Å². The molecule has 2 aliphatic heterocycles. The fraction of sp³-hybridized carbons (Fsp3) is 0.400. The maximum atomic E-state index is 13.2. The van der Waals surface area contributed by atoms with Crippen molar-refractivity contribution in [1.29, 1.82) is 0 Å². The van der Waals surface area contributed by atoms with Gasteiger partial charge in [0.05, 0.1) is 0 Å². The number of carbonyl (C=O) groups is 2. The second-order valence-corrected chi connectivity index (χ2v) is 10.3. The van der Waals surface area contributed by atoms with E-state index in [4.69, 9.17) is 0 Å². The van der Waals surface area contributed by atoms with E-state index in [1.165, 1.54) is 33.2 Å². The molecule has 2 heterocycles. The topological polar surface area (TPSA) is 52.7 Å². The highest BCUT2D eigenvalue weighted by Gasteiger charge is 2.38. The van der Waals surface area contributed by atoms with Crippen LogP contribution in [0.1, 0.15) is 42.4 Å². The van der Waals surface area contributed by atoms with Crippen LogP contribution in [0.5, 0.6) is 0 Å². The molecule has 5 rings (SSSR count). The van der Waals surface area contributed by atoms with Crippen LogP contribution in [-0.2, 0) is 16.0 Å². The van der Waals surface area contributed by atoms with Gasteiger partial charge in [-0.15, -0.1) is 0 Å². The van der Waals surface area contributed by atoms with Crippen LogP contribution in [0.25, 0.3) is 10.8 Å². The molecule has 5 heteroatoms. The number of piperazine rings is 1. The lowest BCUT2D eigenvalue weighted by Crippen LogP contribution is -2.50. The third-order valence-electron chi connectivity index (χ3n) is 7.73. The lowest BCUT2D eigenvalue weighted by molar-refractivity contribution is -0.132. The summed E-state index contributed by atoms with van der Waals surface area (Å²) in [6, 6.07) is 21.4. The maximum Gasteiger partial charge on any atom is 0.222 e. The van der Waals surface area contributed by atoms with Crippen LogP contribution in [-0.4, -0.2) is 48.4 Å².